The van der Waals surface area contributed by atoms with E-state index in [1.807, 2.05) is 0 Å². The van der Waals surface area contributed by atoms with E-state index < -0.39 is 0 Å². The number of benzene rings is 4. The quantitative estimate of drug-likeness (QED) is 0.205. The molecular formula is C45H30N4. The van der Waals surface area contributed by atoms with Crippen LogP contribution in [0.1, 0.15) is 33.9 Å². The minimum atomic E-state index is 0.852. The fraction of sp³-hybridized carbons (Fsp3) is 0.0222. The van der Waals surface area contributed by atoms with E-state index in [0.717, 1.165) is 90.2 Å². The highest BCUT2D eigenvalue weighted by Gasteiger charge is 2.24. The summed E-state index contributed by atoms with van der Waals surface area (Å²) >= 11 is 0. The van der Waals surface area contributed by atoms with Crippen molar-refractivity contribution in [1.82, 2.24) is 19.9 Å². The number of H-pyrrole nitrogens is 2. The van der Waals surface area contributed by atoms with Crippen molar-refractivity contribution in [3.8, 4) is 44.5 Å². The molecule has 0 amide bonds. The van der Waals surface area contributed by atoms with E-state index in [9.17, 15) is 0 Å². The molecular weight excluding hydrogens is 597 g/mol. The topological polar surface area (TPSA) is 57.4 Å². The normalized spacial score (nSPS) is 12.7. The Morgan fingerprint density at radius 2 is 0.878 bits per heavy atom. The monoisotopic (exact) mass is 626 g/mol. The first kappa shape index (κ1) is 27.6. The standard InChI is InChI=1S/C45H30N4/c1-4-12-28(13-5-1)41-34-20-21-35(46-34)42(29-14-6-2-7-15-29)37-24-25-39(48-37)44-33-19-11-10-18-31(33)26-32-27-40(49-45(32)44)43(30-16-8-3-9-17-30)38-23-22-36(41)47-38/h1-25,27,47,49H,26H2. The molecule has 1 aliphatic carbocycles. The van der Waals surface area contributed by atoms with Gasteiger partial charge < -0.3 is 9.97 Å². The summed E-state index contributed by atoms with van der Waals surface area (Å²) in [6, 6.07) is 47.2. The van der Waals surface area contributed by atoms with Crippen molar-refractivity contribution in [2.75, 3.05) is 0 Å². The maximum atomic E-state index is 5.40. The molecule has 49 heavy (non-hydrogen) atoms. The molecule has 0 spiro atoms. The molecule has 7 aromatic rings. The van der Waals surface area contributed by atoms with Crippen LogP contribution < -0.4 is 0 Å². The Morgan fingerprint density at radius 3 is 1.51 bits per heavy atom. The van der Waals surface area contributed by atoms with Crippen molar-refractivity contribution in [3.05, 3.63) is 167 Å². The van der Waals surface area contributed by atoms with Crippen LogP contribution in [0.15, 0.2) is 133 Å². The van der Waals surface area contributed by atoms with Crippen molar-refractivity contribution in [2.24, 2.45) is 0 Å². The lowest BCUT2D eigenvalue weighted by atomic mass is 9.88. The van der Waals surface area contributed by atoms with Crippen LogP contribution in [-0.4, -0.2) is 19.9 Å². The van der Waals surface area contributed by atoms with Crippen LogP contribution in [-0.2, 0) is 6.42 Å². The number of aromatic amines is 2. The first-order chi connectivity index (χ1) is 24.3. The molecule has 0 fully saturated rings. The van der Waals surface area contributed by atoms with Gasteiger partial charge in [0.1, 0.15) is 0 Å². The second-order valence-electron chi connectivity index (χ2n) is 12.7. The van der Waals surface area contributed by atoms with Crippen LogP contribution in [0.25, 0.3) is 90.9 Å². The lowest BCUT2D eigenvalue weighted by molar-refractivity contribution is 1.19. The average molecular weight is 627 g/mol. The van der Waals surface area contributed by atoms with Crippen molar-refractivity contribution < 1.29 is 0 Å². The third-order valence-electron chi connectivity index (χ3n) is 9.80. The summed E-state index contributed by atoms with van der Waals surface area (Å²) in [6.07, 6.45) is 9.45. The molecule has 3 aromatic heterocycles. The molecule has 2 N–H and O–H groups in total. The van der Waals surface area contributed by atoms with Crippen molar-refractivity contribution in [2.45, 2.75) is 6.42 Å². The van der Waals surface area contributed by atoms with Gasteiger partial charge in [0.25, 0.3) is 0 Å². The molecule has 4 nitrogen and oxygen atoms in total. The average Bonchev–Trinajstić information content (AvgIpc) is 3.98. The third kappa shape index (κ3) is 4.53. The van der Waals surface area contributed by atoms with Gasteiger partial charge in [-0.15, -0.1) is 0 Å². The van der Waals surface area contributed by atoms with E-state index in [0.29, 0.717) is 0 Å². The Morgan fingerprint density at radius 1 is 0.388 bits per heavy atom. The Bertz CT molecular complexity index is 2660. The van der Waals surface area contributed by atoms with Crippen molar-refractivity contribution in [1.29, 1.82) is 0 Å². The molecule has 0 atom stereocenters. The second kappa shape index (κ2) is 11.0. The van der Waals surface area contributed by atoms with Gasteiger partial charge in [0.2, 0.25) is 0 Å². The van der Waals surface area contributed by atoms with Crippen LogP contribution in [0.5, 0.6) is 0 Å². The van der Waals surface area contributed by atoms with E-state index in [2.05, 4.69) is 168 Å². The lowest BCUT2D eigenvalue weighted by Crippen LogP contribution is -2.00. The van der Waals surface area contributed by atoms with Gasteiger partial charge in [-0.25, -0.2) is 9.97 Å². The van der Waals surface area contributed by atoms with Gasteiger partial charge in [0.05, 0.1) is 28.3 Å². The maximum absolute atomic E-state index is 5.40. The minimum absolute atomic E-state index is 0.852. The van der Waals surface area contributed by atoms with Crippen LogP contribution in [0.4, 0.5) is 0 Å². The molecule has 4 aromatic carbocycles. The Labute approximate surface area is 283 Å². The van der Waals surface area contributed by atoms with Crippen molar-refractivity contribution in [3.63, 3.8) is 0 Å². The molecule has 2 aliphatic heterocycles. The number of aromatic nitrogens is 4. The number of hydrogen-bond donors (Lipinski definition) is 2. The molecule has 8 bridgehead atoms. The summed E-state index contributed by atoms with van der Waals surface area (Å²) in [5, 5.41) is 0. The number of nitrogens with one attached hydrogen (secondary N) is 2. The predicted molar refractivity (Wildman–Crippen MR) is 203 cm³/mol. The summed E-state index contributed by atoms with van der Waals surface area (Å²) in [5.41, 5.74) is 19.3. The zero-order valence-electron chi connectivity index (χ0n) is 26.6. The van der Waals surface area contributed by atoms with E-state index in [1.165, 1.54) is 16.7 Å². The third-order valence-corrected chi connectivity index (χ3v) is 9.80. The van der Waals surface area contributed by atoms with E-state index in [4.69, 9.17) is 9.97 Å². The molecule has 0 unspecified atom stereocenters. The summed E-state index contributed by atoms with van der Waals surface area (Å²) in [6.45, 7) is 0. The van der Waals surface area contributed by atoms with Crippen molar-refractivity contribution >= 4 is 46.4 Å². The van der Waals surface area contributed by atoms with Gasteiger partial charge in [-0.2, -0.15) is 0 Å². The zero-order valence-corrected chi connectivity index (χ0v) is 26.6. The molecule has 10 rings (SSSR count). The minimum Gasteiger partial charge on any atom is -0.354 e. The molecule has 0 radical (unpaired) electrons. The summed E-state index contributed by atoms with van der Waals surface area (Å²) < 4.78 is 0. The number of fused-ring (bicyclic) bond motifs is 10. The molecule has 3 aliphatic rings. The van der Waals surface area contributed by atoms with Gasteiger partial charge in [0, 0.05) is 45.2 Å². The highest BCUT2D eigenvalue weighted by Crippen LogP contribution is 2.42. The predicted octanol–water partition coefficient (Wildman–Crippen LogP) is 11.2. The van der Waals surface area contributed by atoms with Crippen LogP contribution in [0.2, 0.25) is 0 Å². The summed E-state index contributed by atoms with van der Waals surface area (Å²) in [7, 11) is 0. The molecule has 5 heterocycles. The Hall–Kier alpha value is -6.52. The summed E-state index contributed by atoms with van der Waals surface area (Å²) in [5.74, 6) is 0. The molecule has 0 saturated heterocycles. The van der Waals surface area contributed by atoms with Gasteiger partial charge >= 0.3 is 0 Å². The Balaban J connectivity index is 1.42. The largest absolute Gasteiger partial charge is 0.354 e. The first-order valence-electron chi connectivity index (χ1n) is 16.7. The zero-order chi connectivity index (χ0) is 32.3. The van der Waals surface area contributed by atoms with Crippen LogP contribution in [0, 0.1) is 0 Å². The van der Waals surface area contributed by atoms with Gasteiger partial charge in [0.15, 0.2) is 0 Å². The highest BCUT2D eigenvalue weighted by atomic mass is 14.8. The van der Waals surface area contributed by atoms with Crippen LogP contribution >= 0.6 is 0 Å². The smallest absolute Gasteiger partial charge is 0.0738 e. The second-order valence-corrected chi connectivity index (χ2v) is 12.7. The molecule has 230 valence electrons. The molecule has 0 saturated carbocycles. The van der Waals surface area contributed by atoms with Crippen LogP contribution in [0.3, 0.4) is 0 Å². The van der Waals surface area contributed by atoms with Gasteiger partial charge in [-0.05, 0) is 75.9 Å². The van der Waals surface area contributed by atoms with E-state index in [-0.39, 0.29) is 0 Å². The van der Waals surface area contributed by atoms with Gasteiger partial charge in [-0.1, -0.05) is 115 Å². The van der Waals surface area contributed by atoms with Gasteiger partial charge in [-0.3, -0.25) is 0 Å². The fourth-order valence-electron chi connectivity index (χ4n) is 7.63. The van der Waals surface area contributed by atoms with E-state index in [1.54, 1.807) is 0 Å². The number of nitrogens with zero attached hydrogens (tertiary/aromatic N) is 2. The summed E-state index contributed by atoms with van der Waals surface area (Å²) in [4.78, 5) is 18.5. The molecule has 4 heteroatoms. The highest BCUT2D eigenvalue weighted by molar-refractivity contribution is 6.02. The lowest BCUT2D eigenvalue weighted by Gasteiger charge is -2.16. The Kier molecular flexibility index (Phi) is 6.21. The number of hydrogen-bond acceptors (Lipinski definition) is 2. The fourth-order valence-corrected chi connectivity index (χ4v) is 7.63. The SMILES string of the molecule is C1=Cc2nc1c(-c1ccccc1)c1nc(c3c4[nH]c(cc4Cc4ccccc4-3)c(-c3ccccc3)c3ccc([nH]3)c2-c2ccccc2)C=C1. The first-order valence-corrected chi connectivity index (χ1v) is 16.7. The maximum Gasteiger partial charge on any atom is 0.0738 e. The number of rotatable bonds is 3. The van der Waals surface area contributed by atoms with E-state index >= 15 is 0 Å².